The Hall–Kier alpha value is -2.51. The van der Waals surface area contributed by atoms with E-state index in [2.05, 4.69) is 5.32 Å². The Morgan fingerprint density at radius 2 is 1.79 bits per heavy atom. The lowest BCUT2D eigenvalue weighted by Crippen LogP contribution is -2.53. The third-order valence-corrected chi connectivity index (χ3v) is 4.96. The largest absolute Gasteiger partial charge is 0.480 e. The molecule has 0 amide bonds. The van der Waals surface area contributed by atoms with Crippen molar-refractivity contribution >= 4 is 5.97 Å². The molecule has 0 saturated heterocycles. The Kier molecular flexibility index (Phi) is 6.59. The maximum Gasteiger partial charge on any atom is 0.317 e. The standard InChI is InChI=1S/C21H24F2N2O3/c1-2-25(13-21(26)27)18-10-17(11-18)24-12-14-3-5-19(6-4-14)28-20-8-15(22)7-16(23)9-20/h3-9,17-18,24H,2,10-13H2,1H3,(H,26,27). The molecule has 1 aliphatic rings. The minimum Gasteiger partial charge on any atom is -0.480 e. The van der Waals surface area contributed by atoms with Crippen molar-refractivity contribution in [3.63, 3.8) is 0 Å². The van der Waals surface area contributed by atoms with E-state index in [-0.39, 0.29) is 12.3 Å². The Labute approximate surface area is 162 Å². The molecule has 0 heterocycles. The van der Waals surface area contributed by atoms with Gasteiger partial charge >= 0.3 is 5.97 Å². The number of halogens is 2. The second-order valence-electron chi connectivity index (χ2n) is 7.01. The minimum absolute atomic E-state index is 0.0879. The molecule has 28 heavy (non-hydrogen) atoms. The van der Waals surface area contributed by atoms with Crippen LogP contribution in [0.2, 0.25) is 0 Å². The van der Waals surface area contributed by atoms with Gasteiger partial charge in [0.15, 0.2) is 0 Å². The number of hydrogen-bond donors (Lipinski definition) is 2. The van der Waals surface area contributed by atoms with Gasteiger partial charge in [-0.2, -0.15) is 0 Å². The molecule has 150 valence electrons. The molecule has 0 unspecified atom stereocenters. The van der Waals surface area contributed by atoms with Crippen molar-refractivity contribution < 1.29 is 23.4 Å². The molecular formula is C21H24F2N2O3. The number of likely N-dealkylation sites (N-methyl/N-ethyl adjacent to an activating group) is 1. The molecule has 5 nitrogen and oxygen atoms in total. The highest BCUT2D eigenvalue weighted by Gasteiger charge is 2.33. The zero-order valence-corrected chi connectivity index (χ0v) is 15.7. The number of carbonyl (C=O) groups is 1. The van der Waals surface area contributed by atoms with Gasteiger partial charge in [0.2, 0.25) is 0 Å². The average molecular weight is 390 g/mol. The van der Waals surface area contributed by atoms with Crippen molar-refractivity contribution in [2.75, 3.05) is 13.1 Å². The number of benzene rings is 2. The summed E-state index contributed by atoms with van der Waals surface area (Å²) in [5.74, 6) is -1.53. The number of carboxylic acid groups (broad SMARTS) is 1. The second kappa shape index (κ2) is 9.12. The number of aliphatic carboxylic acids is 1. The molecule has 2 aromatic rings. The topological polar surface area (TPSA) is 61.8 Å². The lowest BCUT2D eigenvalue weighted by Gasteiger charge is -2.42. The fourth-order valence-corrected chi connectivity index (χ4v) is 3.39. The van der Waals surface area contributed by atoms with E-state index in [4.69, 9.17) is 9.84 Å². The summed E-state index contributed by atoms with van der Waals surface area (Å²) in [6.07, 6.45) is 1.88. The average Bonchev–Trinajstić information content (AvgIpc) is 2.59. The first-order valence-electron chi connectivity index (χ1n) is 9.35. The van der Waals surface area contributed by atoms with Gasteiger partial charge in [0, 0.05) is 36.8 Å². The van der Waals surface area contributed by atoms with Gasteiger partial charge in [-0.05, 0) is 37.1 Å². The van der Waals surface area contributed by atoms with Crippen molar-refractivity contribution in [2.24, 2.45) is 0 Å². The Morgan fingerprint density at radius 1 is 1.14 bits per heavy atom. The highest BCUT2D eigenvalue weighted by Crippen LogP contribution is 2.27. The SMILES string of the molecule is CCN(CC(=O)O)C1CC(NCc2ccc(Oc3cc(F)cc(F)c3)cc2)C1. The van der Waals surface area contributed by atoms with Gasteiger partial charge in [0.25, 0.3) is 0 Å². The molecule has 7 heteroatoms. The molecule has 0 spiro atoms. The molecule has 0 aliphatic heterocycles. The quantitative estimate of drug-likeness (QED) is 0.682. The monoisotopic (exact) mass is 390 g/mol. The summed E-state index contributed by atoms with van der Waals surface area (Å²) in [5, 5.41) is 12.4. The molecule has 1 aliphatic carbocycles. The predicted molar refractivity (Wildman–Crippen MR) is 101 cm³/mol. The second-order valence-corrected chi connectivity index (χ2v) is 7.01. The zero-order valence-electron chi connectivity index (χ0n) is 15.7. The maximum atomic E-state index is 13.2. The molecule has 3 rings (SSSR count). The first-order valence-corrected chi connectivity index (χ1v) is 9.35. The van der Waals surface area contributed by atoms with Gasteiger partial charge in [-0.3, -0.25) is 9.69 Å². The summed E-state index contributed by atoms with van der Waals surface area (Å²) in [5.41, 5.74) is 1.07. The number of nitrogens with one attached hydrogen (secondary N) is 1. The van der Waals surface area contributed by atoms with Crippen LogP contribution in [0.3, 0.4) is 0 Å². The van der Waals surface area contributed by atoms with Crippen LogP contribution in [0.15, 0.2) is 42.5 Å². The molecule has 0 bridgehead atoms. The molecule has 2 N–H and O–H groups in total. The van der Waals surface area contributed by atoms with E-state index < -0.39 is 17.6 Å². The third kappa shape index (κ3) is 5.50. The van der Waals surface area contributed by atoms with Crippen LogP contribution < -0.4 is 10.1 Å². The van der Waals surface area contributed by atoms with Crippen LogP contribution in [0.5, 0.6) is 11.5 Å². The third-order valence-electron chi connectivity index (χ3n) is 4.96. The van der Waals surface area contributed by atoms with Crippen LogP contribution in [0, 0.1) is 11.6 Å². The van der Waals surface area contributed by atoms with Crippen LogP contribution in [-0.4, -0.2) is 41.1 Å². The Morgan fingerprint density at radius 3 is 2.36 bits per heavy atom. The van der Waals surface area contributed by atoms with Gasteiger partial charge in [-0.1, -0.05) is 19.1 Å². The number of hydrogen-bond acceptors (Lipinski definition) is 4. The van der Waals surface area contributed by atoms with Crippen LogP contribution >= 0.6 is 0 Å². The van der Waals surface area contributed by atoms with E-state index in [1.54, 1.807) is 12.1 Å². The van der Waals surface area contributed by atoms with Gasteiger partial charge in [0.1, 0.15) is 23.1 Å². The van der Waals surface area contributed by atoms with Crippen molar-refractivity contribution in [3.05, 3.63) is 59.7 Å². The molecule has 0 radical (unpaired) electrons. The maximum absolute atomic E-state index is 13.2. The van der Waals surface area contributed by atoms with Crippen LogP contribution in [0.4, 0.5) is 8.78 Å². The normalized spacial score (nSPS) is 18.7. The van der Waals surface area contributed by atoms with Crippen molar-refractivity contribution in [1.82, 2.24) is 10.2 Å². The fourth-order valence-electron chi connectivity index (χ4n) is 3.39. The van der Waals surface area contributed by atoms with E-state index in [1.807, 2.05) is 24.0 Å². The lowest BCUT2D eigenvalue weighted by molar-refractivity contribution is -0.139. The molecular weight excluding hydrogens is 366 g/mol. The summed E-state index contributed by atoms with van der Waals surface area (Å²) in [4.78, 5) is 12.9. The van der Waals surface area contributed by atoms with Crippen molar-refractivity contribution in [3.8, 4) is 11.5 Å². The van der Waals surface area contributed by atoms with E-state index in [1.165, 1.54) is 0 Å². The first-order chi connectivity index (χ1) is 13.4. The smallest absolute Gasteiger partial charge is 0.317 e. The summed E-state index contributed by atoms with van der Waals surface area (Å²) in [6.45, 7) is 3.49. The van der Waals surface area contributed by atoms with Crippen molar-refractivity contribution in [1.29, 1.82) is 0 Å². The van der Waals surface area contributed by atoms with E-state index in [9.17, 15) is 13.6 Å². The van der Waals surface area contributed by atoms with Crippen LogP contribution in [0.1, 0.15) is 25.3 Å². The fraction of sp³-hybridized carbons (Fsp3) is 0.381. The summed E-state index contributed by atoms with van der Waals surface area (Å²) in [6, 6.07) is 11.1. The van der Waals surface area contributed by atoms with E-state index in [0.717, 1.165) is 43.1 Å². The van der Waals surface area contributed by atoms with Gasteiger partial charge in [-0.25, -0.2) is 8.78 Å². The highest BCUT2D eigenvalue weighted by molar-refractivity contribution is 5.69. The number of carboxylic acids is 1. The zero-order chi connectivity index (χ0) is 20.1. The van der Waals surface area contributed by atoms with Gasteiger partial charge in [-0.15, -0.1) is 0 Å². The molecule has 2 aromatic carbocycles. The van der Waals surface area contributed by atoms with Crippen LogP contribution in [0.25, 0.3) is 0 Å². The summed E-state index contributed by atoms with van der Waals surface area (Å²) < 4.78 is 31.9. The van der Waals surface area contributed by atoms with E-state index in [0.29, 0.717) is 24.4 Å². The highest BCUT2D eigenvalue weighted by atomic mass is 19.1. The number of ether oxygens (including phenoxy) is 1. The minimum atomic E-state index is -0.790. The summed E-state index contributed by atoms with van der Waals surface area (Å²) in [7, 11) is 0. The van der Waals surface area contributed by atoms with E-state index >= 15 is 0 Å². The predicted octanol–water partition coefficient (Wildman–Crippen LogP) is 3.78. The summed E-state index contributed by atoms with van der Waals surface area (Å²) >= 11 is 0. The first kappa shape index (κ1) is 20.2. The Balaban J connectivity index is 1.45. The molecule has 1 saturated carbocycles. The number of nitrogens with zero attached hydrogens (tertiary/aromatic N) is 1. The molecule has 0 aromatic heterocycles. The van der Waals surface area contributed by atoms with Crippen molar-refractivity contribution in [2.45, 2.75) is 38.4 Å². The van der Waals surface area contributed by atoms with Gasteiger partial charge in [0.05, 0.1) is 6.54 Å². The molecule has 0 atom stereocenters. The Bertz CT molecular complexity index is 788. The van der Waals surface area contributed by atoms with Gasteiger partial charge < -0.3 is 15.2 Å². The molecule has 1 fully saturated rings. The number of rotatable bonds is 9. The van der Waals surface area contributed by atoms with Crippen LogP contribution in [-0.2, 0) is 11.3 Å². The lowest BCUT2D eigenvalue weighted by atomic mass is 9.85.